The lowest BCUT2D eigenvalue weighted by Crippen LogP contribution is -2.38. The molecule has 9 nitrogen and oxygen atoms in total. The summed E-state index contributed by atoms with van der Waals surface area (Å²) >= 11 is 6.03. The fourth-order valence-electron chi connectivity index (χ4n) is 3.58. The van der Waals surface area contributed by atoms with Crippen LogP contribution >= 0.6 is 11.6 Å². The van der Waals surface area contributed by atoms with Crippen LogP contribution in [0.2, 0.25) is 5.15 Å². The fourth-order valence-corrected chi connectivity index (χ4v) is 3.72. The predicted molar refractivity (Wildman–Crippen MR) is 120 cm³/mol. The molecule has 1 aromatic carbocycles. The third kappa shape index (κ3) is 4.85. The standard InChI is InChI=1S/C22H22ClN7O2/c23-20-5-4-19-22(26-20)30(28-27-19)15-16-2-1-3-17(12-16)21-24-13-18(14-25-21)32-11-8-29-6-9-31-10-7-29/h1-5,12-14H,6-11,15H2. The Bertz CT molecular complexity index is 1190. The molecule has 0 unspecified atom stereocenters. The molecule has 1 aliphatic rings. The lowest BCUT2D eigenvalue weighted by Gasteiger charge is -2.26. The summed E-state index contributed by atoms with van der Waals surface area (Å²) in [6.07, 6.45) is 3.43. The molecule has 0 spiro atoms. The number of hydrogen-bond acceptors (Lipinski definition) is 8. The zero-order valence-corrected chi connectivity index (χ0v) is 18.1. The van der Waals surface area contributed by atoms with Crippen molar-refractivity contribution in [2.24, 2.45) is 0 Å². The molecule has 0 saturated carbocycles. The van der Waals surface area contributed by atoms with Gasteiger partial charge in [-0.25, -0.2) is 19.6 Å². The molecule has 1 saturated heterocycles. The van der Waals surface area contributed by atoms with Crippen LogP contribution in [0, 0.1) is 0 Å². The molecule has 32 heavy (non-hydrogen) atoms. The molecule has 164 valence electrons. The van der Waals surface area contributed by atoms with E-state index in [4.69, 9.17) is 21.1 Å². The second kappa shape index (κ2) is 9.56. The van der Waals surface area contributed by atoms with Crippen LogP contribution in [0.4, 0.5) is 0 Å². The predicted octanol–water partition coefficient (Wildman–Crippen LogP) is 2.70. The van der Waals surface area contributed by atoms with Crippen LogP contribution in [0.25, 0.3) is 22.6 Å². The summed E-state index contributed by atoms with van der Waals surface area (Å²) in [6, 6.07) is 11.5. The highest BCUT2D eigenvalue weighted by Crippen LogP contribution is 2.20. The lowest BCUT2D eigenvalue weighted by molar-refractivity contribution is 0.0322. The van der Waals surface area contributed by atoms with Crippen LogP contribution in [0.5, 0.6) is 5.75 Å². The van der Waals surface area contributed by atoms with E-state index in [0.29, 0.717) is 41.0 Å². The first-order valence-corrected chi connectivity index (χ1v) is 10.8. The largest absolute Gasteiger partial charge is 0.489 e. The second-order valence-corrected chi connectivity index (χ2v) is 7.86. The van der Waals surface area contributed by atoms with E-state index in [1.54, 1.807) is 23.1 Å². The molecule has 4 aromatic rings. The summed E-state index contributed by atoms with van der Waals surface area (Å²) in [5, 5.41) is 8.75. The van der Waals surface area contributed by atoms with Crippen molar-refractivity contribution in [1.29, 1.82) is 0 Å². The molecule has 10 heteroatoms. The van der Waals surface area contributed by atoms with Crippen molar-refractivity contribution in [3.05, 3.63) is 59.5 Å². The highest BCUT2D eigenvalue weighted by molar-refractivity contribution is 6.29. The van der Waals surface area contributed by atoms with Gasteiger partial charge in [0.15, 0.2) is 17.2 Å². The molecule has 1 fully saturated rings. The topological polar surface area (TPSA) is 91.1 Å². The number of fused-ring (bicyclic) bond motifs is 1. The zero-order chi connectivity index (χ0) is 21.8. The monoisotopic (exact) mass is 451 g/mol. The minimum Gasteiger partial charge on any atom is -0.489 e. The van der Waals surface area contributed by atoms with Crippen LogP contribution in [0.1, 0.15) is 5.56 Å². The van der Waals surface area contributed by atoms with E-state index in [2.05, 4.69) is 30.2 Å². The molecule has 0 bridgehead atoms. The van der Waals surface area contributed by atoms with Crippen LogP contribution in [-0.2, 0) is 11.3 Å². The Labute approximate surface area is 190 Å². The van der Waals surface area contributed by atoms with Crippen LogP contribution in [-0.4, -0.2) is 74.3 Å². The summed E-state index contributed by atoms with van der Waals surface area (Å²) < 4.78 is 12.9. The summed E-state index contributed by atoms with van der Waals surface area (Å²) in [4.78, 5) is 15.6. The molecule has 0 N–H and O–H groups in total. The minimum atomic E-state index is 0.412. The third-order valence-electron chi connectivity index (χ3n) is 5.25. The number of halogens is 1. The smallest absolute Gasteiger partial charge is 0.180 e. The maximum atomic E-state index is 6.03. The first-order valence-electron chi connectivity index (χ1n) is 10.4. The first-order chi connectivity index (χ1) is 15.7. The Balaban J connectivity index is 1.24. The minimum absolute atomic E-state index is 0.412. The fraction of sp³-hybridized carbons (Fsp3) is 0.318. The first kappa shape index (κ1) is 20.7. The summed E-state index contributed by atoms with van der Waals surface area (Å²) in [5.74, 6) is 1.30. The summed E-state index contributed by atoms with van der Waals surface area (Å²) in [5.41, 5.74) is 3.30. The zero-order valence-electron chi connectivity index (χ0n) is 17.4. The third-order valence-corrected chi connectivity index (χ3v) is 5.46. The average Bonchev–Trinajstić information content (AvgIpc) is 3.22. The molecule has 4 heterocycles. The second-order valence-electron chi connectivity index (χ2n) is 7.47. The molecule has 3 aromatic heterocycles. The number of ether oxygens (including phenoxy) is 2. The summed E-state index contributed by atoms with van der Waals surface area (Å²) in [7, 11) is 0. The van der Waals surface area contributed by atoms with E-state index in [-0.39, 0.29) is 0 Å². The van der Waals surface area contributed by atoms with Crippen molar-refractivity contribution in [2.75, 3.05) is 39.5 Å². The van der Waals surface area contributed by atoms with Gasteiger partial charge in [-0.15, -0.1) is 5.10 Å². The maximum Gasteiger partial charge on any atom is 0.180 e. The van der Waals surface area contributed by atoms with Crippen molar-refractivity contribution in [3.63, 3.8) is 0 Å². The van der Waals surface area contributed by atoms with Gasteiger partial charge in [0.25, 0.3) is 0 Å². The molecule has 0 atom stereocenters. The van der Waals surface area contributed by atoms with Crippen LogP contribution < -0.4 is 4.74 Å². The number of pyridine rings is 1. The van der Waals surface area contributed by atoms with Gasteiger partial charge in [-0.2, -0.15) is 0 Å². The van der Waals surface area contributed by atoms with Crippen LogP contribution in [0.15, 0.2) is 48.8 Å². The Kier molecular flexibility index (Phi) is 6.20. The molecular weight excluding hydrogens is 430 g/mol. The highest BCUT2D eigenvalue weighted by Gasteiger charge is 2.11. The quantitative estimate of drug-likeness (QED) is 0.396. The van der Waals surface area contributed by atoms with Gasteiger partial charge >= 0.3 is 0 Å². The van der Waals surface area contributed by atoms with E-state index >= 15 is 0 Å². The maximum absolute atomic E-state index is 6.03. The molecule has 0 amide bonds. The number of morpholine rings is 1. The van der Waals surface area contributed by atoms with Crippen molar-refractivity contribution in [1.82, 2.24) is 34.8 Å². The molecular formula is C22H22ClN7O2. The van der Waals surface area contributed by atoms with E-state index in [1.165, 1.54) is 0 Å². The molecule has 0 radical (unpaired) electrons. The van der Waals surface area contributed by atoms with Gasteiger partial charge in [-0.1, -0.05) is 35.0 Å². The number of rotatable bonds is 7. The van der Waals surface area contributed by atoms with E-state index < -0.39 is 0 Å². The van der Waals surface area contributed by atoms with Gasteiger partial charge in [-0.05, 0) is 23.8 Å². The van der Waals surface area contributed by atoms with Gasteiger partial charge in [0, 0.05) is 25.2 Å². The Hall–Kier alpha value is -3.14. The Morgan fingerprint density at radius 2 is 1.91 bits per heavy atom. The van der Waals surface area contributed by atoms with Gasteiger partial charge in [0.05, 0.1) is 32.2 Å². The Morgan fingerprint density at radius 3 is 2.75 bits per heavy atom. The molecule has 0 aliphatic carbocycles. The van der Waals surface area contributed by atoms with E-state index in [0.717, 1.165) is 44.0 Å². The van der Waals surface area contributed by atoms with Gasteiger partial charge in [0.1, 0.15) is 17.3 Å². The Morgan fingerprint density at radius 1 is 1.06 bits per heavy atom. The molecule has 1 aliphatic heterocycles. The number of benzene rings is 1. The van der Waals surface area contributed by atoms with E-state index in [1.807, 2.05) is 30.3 Å². The number of nitrogens with zero attached hydrogens (tertiary/aromatic N) is 7. The van der Waals surface area contributed by atoms with E-state index in [9.17, 15) is 0 Å². The van der Waals surface area contributed by atoms with Crippen molar-refractivity contribution >= 4 is 22.8 Å². The average molecular weight is 452 g/mol. The van der Waals surface area contributed by atoms with Crippen molar-refractivity contribution in [2.45, 2.75) is 6.54 Å². The number of aromatic nitrogens is 6. The van der Waals surface area contributed by atoms with Crippen molar-refractivity contribution < 1.29 is 9.47 Å². The molecule has 5 rings (SSSR count). The van der Waals surface area contributed by atoms with Gasteiger partial charge in [-0.3, -0.25) is 4.90 Å². The van der Waals surface area contributed by atoms with Gasteiger partial charge < -0.3 is 9.47 Å². The summed E-state index contributed by atoms with van der Waals surface area (Å²) in [6.45, 7) is 5.44. The van der Waals surface area contributed by atoms with Gasteiger partial charge in [0.2, 0.25) is 0 Å². The SMILES string of the molecule is Clc1ccc2nnn(Cc3cccc(-c4ncc(OCCN5CCOCC5)cn4)c3)c2n1. The normalized spacial score (nSPS) is 14.7. The number of hydrogen-bond donors (Lipinski definition) is 0. The highest BCUT2D eigenvalue weighted by atomic mass is 35.5. The lowest BCUT2D eigenvalue weighted by atomic mass is 10.1. The van der Waals surface area contributed by atoms with Crippen molar-refractivity contribution in [3.8, 4) is 17.1 Å². The van der Waals surface area contributed by atoms with Crippen LogP contribution in [0.3, 0.4) is 0 Å².